The van der Waals surface area contributed by atoms with Crippen molar-refractivity contribution in [2.45, 2.75) is 36.8 Å². The van der Waals surface area contributed by atoms with Gasteiger partial charge in [0.2, 0.25) is 5.13 Å². The molecule has 4 aromatic rings. The summed E-state index contributed by atoms with van der Waals surface area (Å²) in [6.07, 6.45) is 0. The number of nitrogens with zero attached hydrogens (tertiary/aromatic N) is 2. The number of aromatic nitrogens is 2. The third-order valence-corrected chi connectivity index (χ3v) is 6.73. The summed E-state index contributed by atoms with van der Waals surface area (Å²) in [6.45, 7) is 6.32. The minimum absolute atomic E-state index is 0.347. The highest BCUT2D eigenvalue weighted by Crippen LogP contribution is 2.33. The highest BCUT2D eigenvalue weighted by Gasteiger charge is 2.13. The predicted octanol–water partition coefficient (Wildman–Crippen LogP) is 6.25. The van der Waals surface area contributed by atoms with Gasteiger partial charge in [-0.15, -0.1) is 10.2 Å². The Morgan fingerprint density at radius 3 is 2.77 bits per heavy atom. The Kier molecular flexibility index (Phi) is 5.87. The van der Waals surface area contributed by atoms with Crippen molar-refractivity contribution < 1.29 is 8.81 Å². The second-order valence-electron chi connectivity index (χ2n) is 7.22. The second-order valence-corrected chi connectivity index (χ2v) is 9.42. The Balaban J connectivity index is 1.57. The molecule has 2 heterocycles. The largest absolute Gasteiger partial charge is 0.423 e. The van der Waals surface area contributed by atoms with Crippen LogP contribution in [-0.2, 0) is 5.75 Å². The van der Waals surface area contributed by atoms with E-state index < -0.39 is 0 Å². The van der Waals surface area contributed by atoms with Gasteiger partial charge in [0.25, 0.3) is 0 Å². The number of anilines is 2. The summed E-state index contributed by atoms with van der Waals surface area (Å²) in [7, 11) is 0. The van der Waals surface area contributed by atoms with E-state index in [0.717, 1.165) is 20.9 Å². The van der Waals surface area contributed by atoms with Crippen LogP contribution in [0.3, 0.4) is 0 Å². The molecule has 0 unspecified atom stereocenters. The van der Waals surface area contributed by atoms with Gasteiger partial charge >= 0.3 is 5.63 Å². The number of halogens is 1. The van der Waals surface area contributed by atoms with E-state index in [1.165, 1.54) is 40.8 Å². The molecule has 5 nitrogen and oxygen atoms in total. The van der Waals surface area contributed by atoms with Crippen LogP contribution in [0.25, 0.3) is 11.0 Å². The van der Waals surface area contributed by atoms with Gasteiger partial charge in [0.1, 0.15) is 11.4 Å². The summed E-state index contributed by atoms with van der Waals surface area (Å²) in [5.41, 5.74) is 3.82. The minimum Gasteiger partial charge on any atom is -0.423 e. The van der Waals surface area contributed by atoms with E-state index in [4.69, 9.17) is 4.42 Å². The first-order valence-electron chi connectivity index (χ1n) is 9.46. The van der Waals surface area contributed by atoms with Gasteiger partial charge in [-0.25, -0.2) is 9.18 Å². The molecule has 0 aliphatic heterocycles. The highest BCUT2D eigenvalue weighted by atomic mass is 32.2. The molecule has 2 aromatic carbocycles. The van der Waals surface area contributed by atoms with Crippen LogP contribution in [0.15, 0.2) is 56.0 Å². The van der Waals surface area contributed by atoms with Gasteiger partial charge in [-0.2, -0.15) is 0 Å². The number of hydrogen-bond donors (Lipinski definition) is 1. The van der Waals surface area contributed by atoms with Crippen molar-refractivity contribution in [3.05, 3.63) is 75.4 Å². The molecule has 4 rings (SSSR count). The molecule has 2 aromatic heterocycles. The lowest BCUT2D eigenvalue weighted by molar-refractivity contribution is 0.559. The van der Waals surface area contributed by atoms with E-state index in [1.54, 1.807) is 18.2 Å². The standard InChI is InChI=1S/C22H20FN3O2S2/c1-12(2)15-10-16-14(9-20(27)28-19(16)8-13(15)3)11-29-22-26-25-21(30-22)24-18-7-5-4-6-17(18)23/h4-10,12H,11H2,1-3H3,(H,24,25). The van der Waals surface area contributed by atoms with Crippen molar-refractivity contribution >= 4 is 44.9 Å². The summed E-state index contributed by atoms with van der Waals surface area (Å²) >= 11 is 2.82. The molecule has 0 saturated carbocycles. The number of para-hydroxylation sites is 1. The molecular formula is C22H20FN3O2S2. The number of thioether (sulfide) groups is 1. The maximum absolute atomic E-state index is 13.8. The number of nitrogens with one attached hydrogen (secondary N) is 1. The molecular weight excluding hydrogens is 421 g/mol. The third kappa shape index (κ3) is 4.39. The zero-order valence-electron chi connectivity index (χ0n) is 16.7. The molecule has 1 N–H and O–H groups in total. The van der Waals surface area contributed by atoms with Crippen molar-refractivity contribution in [3.63, 3.8) is 0 Å². The molecule has 0 fully saturated rings. The first-order valence-corrected chi connectivity index (χ1v) is 11.3. The number of benzene rings is 2. The van der Waals surface area contributed by atoms with Crippen LogP contribution < -0.4 is 10.9 Å². The fraction of sp³-hybridized carbons (Fsp3) is 0.227. The van der Waals surface area contributed by atoms with Gasteiger partial charge in [0, 0.05) is 17.2 Å². The number of aryl methyl sites for hydroxylation is 1. The molecule has 154 valence electrons. The molecule has 0 saturated heterocycles. The van der Waals surface area contributed by atoms with E-state index in [1.807, 2.05) is 13.0 Å². The Morgan fingerprint density at radius 1 is 1.20 bits per heavy atom. The average Bonchev–Trinajstić information content (AvgIpc) is 3.14. The number of hydrogen-bond acceptors (Lipinski definition) is 7. The fourth-order valence-corrected chi connectivity index (χ4v) is 5.02. The Hall–Kier alpha value is -2.71. The van der Waals surface area contributed by atoms with Crippen LogP contribution in [-0.4, -0.2) is 10.2 Å². The maximum atomic E-state index is 13.8. The van der Waals surface area contributed by atoms with Crippen LogP contribution in [0, 0.1) is 12.7 Å². The molecule has 0 spiro atoms. The maximum Gasteiger partial charge on any atom is 0.336 e. The molecule has 0 aliphatic rings. The van der Waals surface area contributed by atoms with E-state index >= 15 is 0 Å². The molecule has 0 radical (unpaired) electrons. The summed E-state index contributed by atoms with van der Waals surface area (Å²) in [5, 5.41) is 12.6. The molecule has 0 amide bonds. The molecule has 8 heteroatoms. The summed E-state index contributed by atoms with van der Waals surface area (Å²) in [5.74, 6) is 0.578. The SMILES string of the molecule is Cc1cc2oc(=O)cc(CSc3nnc(Nc4ccccc4F)s3)c2cc1C(C)C. The second kappa shape index (κ2) is 8.57. The first kappa shape index (κ1) is 20.6. The smallest absolute Gasteiger partial charge is 0.336 e. The molecule has 0 atom stereocenters. The zero-order valence-corrected chi connectivity index (χ0v) is 18.4. The van der Waals surface area contributed by atoms with Crippen LogP contribution >= 0.6 is 23.1 Å². The molecule has 0 bridgehead atoms. The topological polar surface area (TPSA) is 68.0 Å². The highest BCUT2D eigenvalue weighted by molar-refractivity contribution is 8.00. The lowest BCUT2D eigenvalue weighted by Gasteiger charge is -2.12. The monoisotopic (exact) mass is 441 g/mol. The van der Waals surface area contributed by atoms with Crippen molar-refractivity contribution in [2.75, 3.05) is 5.32 Å². The number of rotatable bonds is 6. The van der Waals surface area contributed by atoms with E-state index in [-0.39, 0.29) is 11.4 Å². The van der Waals surface area contributed by atoms with Crippen molar-refractivity contribution in [2.24, 2.45) is 0 Å². The van der Waals surface area contributed by atoms with Crippen LogP contribution in [0.2, 0.25) is 0 Å². The summed E-state index contributed by atoms with van der Waals surface area (Å²) in [4.78, 5) is 12.0. The summed E-state index contributed by atoms with van der Waals surface area (Å²) < 4.78 is 19.9. The van der Waals surface area contributed by atoms with E-state index in [2.05, 4.69) is 35.4 Å². The average molecular weight is 442 g/mol. The van der Waals surface area contributed by atoms with Crippen LogP contribution in [0.1, 0.15) is 36.5 Å². The number of fused-ring (bicyclic) bond motifs is 1. The van der Waals surface area contributed by atoms with Gasteiger partial charge in [-0.05, 0) is 53.8 Å². The van der Waals surface area contributed by atoms with Gasteiger partial charge in [-0.1, -0.05) is 49.1 Å². The third-order valence-electron chi connectivity index (χ3n) is 4.71. The Labute approximate surface area is 181 Å². The van der Waals surface area contributed by atoms with Gasteiger partial charge in [0.15, 0.2) is 4.34 Å². The minimum atomic E-state index is -0.367. The molecule has 0 aliphatic carbocycles. The van der Waals surface area contributed by atoms with Gasteiger partial charge < -0.3 is 9.73 Å². The van der Waals surface area contributed by atoms with E-state index in [9.17, 15) is 9.18 Å². The van der Waals surface area contributed by atoms with E-state index in [0.29, 0.717) is 28.1 Å². The van der Waals surface area contributed by atoms with Crippen LogP contribution in [0.4, 0.5) is 15.2 Å². The lowest BCUT2D eigenvalue weighted by atomic mass is 9.95. The van der Waals surface area contributed by atoms with Crippen molar-refractivity contribution in [1.82, 2.24) is 10.2 Å². The Bertz CT molecular complexity index is 1270. The summed E-state index contributed by atoms with van der Waals surface area (Å²) in [6, 6.07) is 12.0. The Morgan fingerprint density at radius 2 is 2.00 bits per heavy atom. The van der Waals surface area contributed by atoms with Crippen molar-refractivity contribution in [3.8, 4) is 0 Å². The quantitative estimate of drug-likeness (QED) is 0.282. The van der Waals surface area contributed by atoms with Gasteiger partial charge in [-0.3, -0.25) is 0 Å². The predicted molar refractivity (Wildman–Crippen MR) is 120 cm³/mol. The fourth-order valence-electron chi connectivity index (χ4n) is 3.27. The van der Waals surface area contributed by atoms with Crippen LogP contribution in [0.5, 0.6) is 0 Å². The van der Waals surface area contributed by atoms with Crippen molar-refractivity contribution in [1.29, 1.82) is 0 Å². The van der Waals surface area contributed by atoms with Gasteiger partial charge in [0.05, 0.1) is 5.69 Å². The zero-order chi connectivity index (χ0) is 21.3. The lowest BCUT2D eigenvalue weighted by Crippen LogP contribution is -2.02. The first-order chi connectivity index (χ1) is 14.4. The normalized spacial score (nSPS) is 11.4. The molecule has 30 heavy (non-hydrogen) atoms.